The van der Waals surface area contributed by atoms with E-state index in [1.807, 2.05) is 0 Å². The number of rotatable bonds is 6. The van der Waals surface area contributed by atoms with Gasteiger partial charge in [0.15, 0.2) is 0 Å². The van der Waals surface area contributed by atoms with E-state index in [0.717, 1.165) is 0 Å². The minimum atomic E-state index is -0.848. The van der Waals surface area contributed by atoms with Crippen molar-refractivity contribution in [3.8, 4) is 0 Å². The summed E-state index contributed by atoms with van der Waals surface area (Å²) in [6.45, 7) is 4.13. The minimum Gasteiger partial charge on any atom is -0.481 e. The lowest BCUT2D eigenvalue weighted by molar-refractivity contribution is -0.141. The number of aliphatic carboxylic acids is 1. The van der Waals surface area contributed by atoms with E-state index in [1.54, 1.807) is 29.2 Å². The predicted molar refractivity (Wildman–Crippen MR) is 80.5 cm³/mol. The van der Waals surface area contributed by atoms with Crippen molar-refractivity contribution in [1.82, 2.24) is 4.90 Å². The first-order valence-electron chi connectivity index (χ1n) is 7.38. The Labute approximate surface area is 129 Å². The molecule has 22 heavy (non-hydrogen) atoms. The lowest BCUT2D eigenvalue weighted by Crippen LogP contribution is -2.35. The van der Waals surface area contributed by atoms with Gasteiger partial charge in [-0.1, -0.05) is 24.3 Å². The van der Waals surface area contributed by atoms with E-state index in [0.29, 0.717) is 31.4 Å². The average Bonchev–Trinajstić information content (AvgIpc) is 2.98. The van der Waals surface area contributed by atoms with Gasteiger partial charge in [-0.2, -0.15) is 0 Å². The smallest absolute Gasteiger partial charge is 0.306 e. The molecule has 118 valence electrons. The topological polar surface area (TPSA) is 57.6 Å². The molecule has 2 atom stereocenters. The molecule has 0 spiro atoms. The fourth-order valence-electron chi connectivity index (χ4n) is 2.91. The highest BCUT2D eigenvalue weighted by Crippen LogP contribution is 2.32. The molecule has 1 saturated carbocycles. The van der Waals surface area contributed by atoms with E-state index < -0.39 is 11.9 Å². The Bertz CT molecular complexity index is 573. The second kappa shape index (κ2) is 7.20. The third-order valence-corrected chi connectivity index (χ3v) is 4.11. The first-order valence-corrected chi connectivity index (χ1v) is 7.38. The molecule has 1 aliphatic rings. The zero-order valence-corrected chi connectivity index (χ0v) is 12.4. The molecular formula is C17H20FNO3. The van der Waals surface area contributed by atoms with Gasteiger partial charge in [0.05, 0.1) is 5.92 Å². The van der Waals surface area contributed by atoms with Crippen LogP contribution in [0, 0.1) is 17.7 Å². The largest absolute Gasteiger partial charge is 0.481 e. The van der Waals surface area contributed by atoms with Crippen molar-refractivity contribution in [2.24, 2.45) is 11.8 Å². The van der Waals surface area contributed by atoms with Crippen LogP contribution in [-0.2, 0) is 16.1 Å². The van der Waals surface area contributed by atoms with Crippen molar-refractivity contribution >= 4 is 11.9 Å². The zero-order valence-electron chi connectivity index (χ0n) is 12.4. The Hall–Kier alpha value is -2.17. The first-order chi connectivity index (χ1) is 10.5. The van der Waals surface area contributed by atoms with Crippen LogP contribution in [-0.4, -0.2) is 28.4 Å². The van der Waals surface area contributed by atoms with Gasteiger partial charge in [-0.3, -0.25) is 9.59 Å². The van der Waals surface area contributed by atoms with E-state index in [9.17, 15) is 14.0 Å². The summed E-state index contributed by atoms with van der Waals surface area (Å²) in [4.78, 5) is 25.1. The third kappa shape index (κ3) is 3.72. The number of carbonyl (C=O) groups excluding carboxylic acids is 1. The number of hydrogen-bond acceptors (Lipinski definition) is 2. The standard InChI is InChI=1S/C17H20FNO3/c1-2-9-19(11-14-5-3-4-6-15(14)18)16(20)12-7-8-13(10-12)17(21)22/h2-6,12-13H,1,7-11H2,(H,21,22)/t12-,13+/m0/s1. The van der Waals surface area contributed by atoms with Crippen LogP contribution >= 0.6 is 0 Å². The second-order valence-electron chi connectivity index (χ2n) is 5.64. The quantitative estimate of drug-likeness (QED) is 0.822. The third-order valence-electron chi connectivity index (χ3n) is 4.11. The Balaban J connectivity index is 2.08. The summed E-state index contributed by atoms with van der Waals surface area (Å²) in [7, 11) is 0. The molecule has 1 N–H and O–H groups in total. The zero-order chi connectivity index (χ0) is 16.1. The molecule has 4 nitrogen and oxygen atoms in total. The Morgan fingerprint density at radius 2 is 2.00 bits per heavy atom. The van der Waals surface area contributed by atoms with Crippen LogP contribution in [0.15, 0.2) is 36.9 Å². The van der Waals surface area contributed by atoms with E-state index in [2.05, 4.69) is 6.58 Å². The van der Waals surface area contributed by atoms with Crippen LogP contribution in [0.4, 0.5) is 4.39 Å². The Morgan fingerprint density at radius 1 is 1.32 bits per heavy atom. The molecule has 0 radical (unpaired) electrons. The highest BCUT2D eigenvalue weighted by molar-refractivity contribution is 5.81. The summed E-state index contributed by atoms with van der Waals surface area (Å²) in [5.74, 6) is -2.06. The summed E-state index contributed by atoms with van der Waals surface area (Å²) >= 11 is 0. The number of carbonyl (C=O) groups is 2. The lowest BCUT2D eigenvalue weighted by atomic mass is 10.0. The minimum absolute atomic E-state index is 0.119. The molecule has 1 aliphatic carbocycles. The monoisotopic (exact) mass is 305 g/mol. The van der Waals surface area contributed by atoms with Crippen LogP contribution in [0.25, 0.3) is 0 Å². The normalized spacial score (nSPS) is 20.6. The second-order valence-corrected chi connectivity index (χ2v) is 5.64. The van der Waals surface area contributed by atoms with Gasteiger partial charge in [0, 0.05) is 24.6 Å². The molecule has 2 rings (SSSR count). The fraction of sp³-hybridized carbons (Fsp3) is 0.412. The molecular weight excluding hydrogens is 285 g/mol. The number of halogens is 1. The SMILES string of the molecule is C=CCN(Cc1ccccc1F)C(=O)[C@H]1CC[C@@H](C(=O)O)C1. The number of amides is 1. The predicted octanol–water partition coefficient (Wildman–Crippen LogP) is 2.84. The van der Waals surface area contributed by atoms with Gasteiger partial charge in [-0.05, 0) is 25.3 Å². The maximum absolute atomic E-state index is 13.8. The number of carboxylic acid groups (broad SMARTS) is 1. The number of benzene rings is 1. The van der Waals surface area contributed by atoms with Gasteiger partial charge in [0.25, 0.3) is 0 Å². The molecule has 0 bridgehead atoms. The van der Waals surface area contributed by atoms with Gasteiger partial charge in [0.2, 0.25) is 5.91 Å². The molecule has 1 amide bonds. The van der Waals surface area contributed by atoms with Crippen LogP contribution in [0.5, 0.6) is 0 Å². The fourth-order valence-corrected chi connectivity index (χ4v) is 2.91. The van der Waals surface area contributed by atoms with Crippen molar-refractivity contribution < 1.29 is 19.1 Å². The molecule has 0 aliphatic heterocycles. The average molecular weight is 305 g/mol. The summed E-state index contributed by atoms with van der Waals surface area (Å²) in [6, 6.07) is 6.34. The molecule has 1 aromatic carbocycles. The maximum atomic E-state index is 13.8. The molecule has 1 fully saturated rings. The summed E-state index contributed by atoms with van der Waals surface area (Å²) in [6.07, 6.45) is 3.05. The molecule has 1 aromatic rings. The molecule has 0 unspecified atom stereocenters. The molecule has 0 heterocycles. The van der Waals surface area contributed by atoms with E-state index in [4.69, 9.17) is 5.11 Å². The van der Waals surface area contributed by atoms with Crippen molar-refractivity contribution in [3.63, 3.8) is 0 Å². The van der Waals surface area contributed by atoms with Crippen LogP contribution in [0.2, 0.25) is 0 Å². The van der Waals surface area contributed by atoms with Crippen molar-refractivity contribution in [2.75, 3.05) is 6.54 Å². The van der Waals surface area contributed by atoms with Crippen molar-refractivity contribution in [1.29, 1.82) is 0 Å². The summed E-state index contributed by atoms with van der Waals surface area (Å²) in [5.41, 5.74) is 0.450. The van der Waals surface area contributed by atoms with Gasteiger partial charge in [0.1, 0.15) is 5.82 Å². The Kier molecular flexibility index (Phi) is 5.31. The number of nitrogens with zero attached hydrogens (tertiary/aromatic N) is 1. The summed E-state index contributed by atoms with van der Waals surface area (Å²) < 4.78 is 13.8. The van der Waals surface area contributed by atoms with Gasteiger partial charge in [-0.25, -0.2) is 4.39 Å². The van der Waals surface area contributed by atoms with E-state index >= 15 is 0 Å². The molecule has 0 aromatic heterocycles. The van der Waals surface area contributed by atoms with Crippen LogP contribution < -0.4 is 0 Å². The summed E-state index contributed by atoms with van der Waals surface area (Å²) in [5, 5.41) is 9.04. The van der Waals surface area contributed by atoms with Crippen LogP contribution in [0.1, 0.15) is 24.8 Å². The first kappa shape index (κ1) is 16.2. The number of hydrogen-bond donors (Lipinski definition) is 1. The molecule has 5 heteroatoms. The highest BCUT2D eigenvalue weighted by Gasteiger charge is 2.35. The number of carboxylic acids is 1. The van der Waals surface area contributed by atoms with E-state index in [1.165, 1.54) is 6.07 Å². The molecule has 0 saturated heterocycles. The Morgan fingerprint density at radius 3 is 2.59 bits per heavy atom. The van der Waals surface area contributed by atoms with E-state index in [-0.39, 0.29) is 24.2 Å². The van der Waals surface area contributed by atoms with Crippen LogP contribution in [0.3, 0.4) is 0 Å². The highest BCUT2D eigenvalue weighted by atomic mass is 19.1. The van der Waals surface area contributed by atoms with Gasteiger partial charge >= 0.3 is 5.97 Å². The lowest BCUT2D eigenvalue weighted by Gasteiger charge is -2.24. The van der Waals surface area contributed by atoms with Gasteiger partial charge in [-0.15, -0.1) is 6.58 Å². The van der Waals surface area contributed by atoms with Crippen molar-refractivity contribution in [2.45, 2.75) is 25.8 Å². The maximum Gasteiger partial charge on any atom is 0.306 e. The van der Waals surface area contributed by atoms with Crippen molar-refractivity contribution in [3.05, 3.63) is 48.3 Å². The van der Waals surface area contributed by atoms with Gasteiger partial charge < -0.3 is 10.0 Å².